The topological polar surface area (TPSA) is 72.3 Å². The fourth-order valence-corrected chi connectivity index (χ4v) is 1.97. The fourth-order valence-electron chi connectivity index (χ4n) is 1.97. The number of fused-ring (bicyclic) bond motifs is 1. The van der Waals surface area contributed by atoms with E-state index in [1.165, 1.54) is 7.11 Å². The average Bonchev–Trinajstić information content (AvgIpc) is 2.74. The number of esters is 1. The van der Waals surface area contributed by atoms with Crippen molar-refractivity contribution >= 4 is 17.1 Å². The lowest BCUT2D eigenvalue weighted by Crippen LogP contribution is -2.17. The van der Waals surface area contributed by atoms with Crippen LogP contribution >= 0.6 is 0 Å². The molecule has 1 aromatic carbocycles. The minimum Gasteiger partial charge on any atom is -0.469 e. The molecule has 18 heavy (non-hydrogen) atoms. The Bertz CT molecular complexity index is 611. The number of oxazole rings is 1. The fraction of sp³-hybridized carbons (Fsp3) is 0.385. The Labute approximate surface area is 104 Å². The molecule has 0 aliphatic carbocycles. The number of ether oxygens (including phenoxy) is 1. The van der Waals surface area contributed by atoms with Crippen molar-refractivity contribution in [2.75, 3.05) is 7.11 Å². The summed E-state index contributed by atoms with van der Waals surface area (Å²) < 4.78 is 9.67. The predicted octanol–water partition coefficient (Wildman–Crippen LogP) is 1.86. The van der Waals surface area contributed by atoms with E-state index in [-0.39, 0.29) is 11.9 Å². The number of hydrogen-bond donors (Lipinski definition) is 1. The van der Waals surface area contributed by atoms with E-state index in [2.05, 4.69) is 4.98 Å². The first-order valence-electron chi connectivity index (χ1n) is 5.83. The molecule has 0 saturated carbocycles. The third-order valence-electron chi connectivity index (χ3n) is 2.99. The monoisotopic (exact) mass is 249 g/mol. The SMILES string of the molecule is CCC(Cc1ccc2oc(=O)[nH]c2c1)C(=O)OC. The van der Waals surface area contributed by atoms with Gasteiger partial charge in [-0.2, -0.15) is 0 Å². The molecular weight excluding hydrogens is 234 g/mol. The van der Waals surface area contributed by atoms with Crippen LogP contribution in [-0.2, 0) is 16.0 Å². The van der Waals surface area contributed by atoms with Gasteiger partial charge in [0.05, 0.1) is 18.5 Å². The van der Waals surface area contributed by atoms with Gasteiger partial charge in [-0.25, -0.2) is 4.79 Å². The molecule has 1 unspecified atom stereocenters. The van der Waals surface area contributed by atoms with Crippen molar-refractivity contribution in [1.82, 2.24) is 4.98 Å². The highest BCUT2D eigenvalue weighted by Crippen LogP contribution is 2.18. The molecule has 0 saturated heterocycles. The van der Waals surface area contributed by atoms with E-state index < -0.39 is 5.76 Å². The zero-order chi connectivity index (χ0) is 13.1. The number of benzene rings is 1. The Hall–Kier alpha value is -2.04. The summed E-state index contributed by atoms with van der Waals surface area (Å²) >= 11 is 0. The maximum Gasteiger partial charge on any atom is 0.417 e. The van der Waals surface area contributed by atoms with Crippen LogP contribution in [0.4, 0.5) is 0 Å². The summed E-state index contributed by atoms with van der Waals surface area (Å²) in [5.41, 5.74) is 2.14. The zero-order valence-corrected chi connectivity index (χ0v) is 10.4. The Morgan fingerprint density at radius 1 is 1.50 bits per heavy atom. The Morgan fingerprint density at radius 3 is 2.94 bits per heavy atom. The van der Waals surface area contributed by atoms with Crippen molar-refractivity contribution in [3.8, 4) is 0 Å². The molecule has 0 bridgehead atoms. The maximum atomic E-state index is 11.5. The van der Waals surface area contributed by atoms with Gasteiger partial charge >= 0.3 is 11.7 Å². The van der Waals surface area contributed by atoms with Crippen LogP contribution in [-0.4, -0.2) is 18.1 Å². The van der Waals surface area contributed by atoms with Gasteiger partial charge in [-0.05, 0) is 30.5 Å². The number of methoxy groups -OCH3 is 1. The van der Waals surface area contributed by atoms with E-state index in [0.717, 1.165) is 5.56 Å². The second-order valence-corrected chi connectivity index (χ2v) is 4.18. The van der Waals surface area contributed by atoms with Gasteiger partial charge in [0.2, 0.25) is 0 Å². The number of hydrogen-bond acceptors (Lipinski definition) is 4. The molecule has 1 N–H and O–H groups in total. The Balaban J connectivity index is 2.25. The molecule has 0 aliphatic heterocycles. The molecule has 5 heteroatoms. The number of H-pyrrole nitrogens is 1. The van der Waals surface area contributed by atoms with E-state index in [1.54, 1.807) is 6.07 Å². The van der Waals surface area contributed by atoms with Crippen LogP contribution in [0, 0.1) is 5.92 Å². The summed E-state index contributed by atoms with van der Waals surface area (Å²) in [6, 6.07) is 5.41. The lowest BCUT2D eigenvalue weighted by Gasteiger charge is -2.11. The predicted molar refractivity (Wildman–Crippen MR) is 66.3 cm³/mol. The lowest BCUT2D eigenvalue weighted by molar-refractivity contribution is -0.145. The standard InChI is InChI=1S/C13H15NO4/c1-3-9(12(15)17-2)6-8-4-5-11-10(7-8)14-13(16)18-11/h4-5,7,9H,3,6H2,1-2H3,(H,14,16). The van der Waals surface area contributed by atoms with E-state index in [0.29, 0.717) is 23.9 Å². The van der Waals surface area contributed by atoms with E-state index in [9.17, 15) is 9.59 Å². The number of carbonyl (C=O) groups is 1. The van der Waals surface area contributed by atoms with Gasteiger partial charge in [0.25, 0.3) is 0 Å². The molecule has 96 valence electrons. The maximum absolute atomic E-state index is 11.5. The van der Waals surface area contributed by atoms with E-state index >= 15 is 0 Å². The summed E-state index contributed by atoms with van der Waals surface area (Å²) in [5.74, 6) is -0.841. The zero-order valence-electron chi connectivity index (χ0n) is 10.4. The normalized spacial score (nSPS) is 12.6. The average molecular weight is 249 g/mol. The molecule has 0 fully saturated rings. The van der Waals surface area contributed by atoms with Crippen molar-refractivity contribution in [2.24, 2.45) is 5.92 Å². The quantitative estimate of drug-likeness (QED) is 0.839. The number of nitrogens with one attached hydrogen (secondary N) is 1. The molecule has 0 amide bonds. The summed E-state index contributed by atoms with van der Waals surface area (Å²) in [4.78, 5) is 25.1. The molecular formula is C13H15NO4. The van der Waals surface area contributed by atoms with Gasteiger partial charge in [0, 0.05) is 0 Å². The lowest BCUT2D eigenvalue weighted by atomic mass is 9.97. The van der Waals surface area contributed by atoms with Crippen LogP contribution in [0.15, 0.2) is 27.4 Å². The third kappa shape index (κ3) is 2.45. The van der Waals surface area contributed by atoms with Crippen molar-refractivity contribution in [1.29, 1.82) is 0 Å². The van der Waals surface area contributed by atoms with Crippen LogP contribution in [0.5, 0.6) is 0 Å². The van der Waals surface area contributed by atoms with Crippen molar-refractivity contribution in [3.63, 3.8) is 0 Å². The molecule has 1 atom stereocenters. The van der Waals surface area contributed by atoms with Crippen LogP contribution in [0.1, 0.15) is 18.9 Å². The minimum absolute atomic E-state index is 0.161. The first-order valence-corrected chi connectivity index (χ1v) is 5.83. The molecule has 2 rings (SSSR count). The molecule has 2 aromatic rings. The van der Waals surface area contributed by atoms with Gasteiger partial charge in [0.1, 0.15) is 0 Å². The van der Waals surface area contributed by atoms with Gasteiger partial charge in [-0.3, -0.25) is 9.78 Å². The number of rotatable bonds is 4. The van der Waals surface area contributed by atoms with Crippen LogP contribution in [0.2, 0.25) is 0 Å². The number of aromatic amines is 1. The molecule has 5 nitrogen and oxygen atoms in total. The second-order valence-electron chi connectivity index (χ2n) is 4.18. The van der Waals surface area contributed by atoms with Crippen molar-refractivity contribution in [2.45, 2.75) is 19.8 Å². The molecule has 1 aromatic heterocycles. The second kappa shape index (κ2) is 5.08. The van der Waals surface area contributed by atoms with Gasteiger partial charge in [0.15, 0.2) is 5.58 Å². The van der Waals surface area contributed by atoms with E-state index in [4.69, 9.17) is 9.15 Å². The highest BCUT2D eigenvalue weighted by molar-refractivity contribution is 5.74. The number of carbonyl (C=O) groups excluding carboxylic acids is 1. The summed E-state index contributed by atoms with van der Waals surface area (Å²) in [6.07, 6.45) is 1.30. The van der Waals surface area contributed by atoms with Gasteiger partial charge in [-0.15, -0.1) is 0 Å². The first-order chi connectivity index (χ1) is 8.63. The van der Waals surface area contributed by atoms with Crippen LogP contribution < -0.4 is 5.76 Å². The Morgan fingerprint density at radius 2 is 2.28 bits per heavy atom. The van der Waals surface area contributed by atoms with Crippen molar-refractivity contribution < 1.29 is 13.9 Å². The van der Waals surface area contributed by atoms with Crippen LogP contribution in [0.25, 0.3) is 11.1 Å². The minimum atomic E-state index is -0.470. The Kier molecular flexibility index (Phi) is 3.50. The number of aromatic nitrogens is 1. The largest absolute Gasteiger partial charge is 0.469 e. The van der Waals surface area contributed by atoms with Gasteiger partial charge in [-0.1, -0.05) is 13.0 Å². The third-order valence-corrected chi connectivity index (χ3v) is 2.99. The molecule has 0 aliphatic rings. The molecule has 0 spiro atoms. The van der Waals surface area contributed by atoms with E-state index in [1.807, 2.05) is 19.1 Å². The van der Waals surface area contributed by atoms with Gasteiger partial charge < -0.3 is 9.15 Å². The molecule has 1 heterocycles. The van der Waals surface area contributed by atoms with Crippen molar-refractivity contribution in [3.05, 3.63) is 34.3 Å². The smallest absolute Gasteiger partial charge is 0.417 e. The molecule has 0 radical (unpaired) electrons. The highest BCUT2D eigenvalue weighted by atomic mass is 16.5. The summed E-state index contributed by atoms with van der Waals surface area (Å²) in [5, 5.41) is 0. The first kappa shape index (κ1) is 12.4. The summed E-state index contributed by atoms with van der Waals surface area (Å²) in [7, 11) is 1.39. The highest BCUT2D eigenvalue weighted by Gasteiger charge is 2.17. The summed E-state index contributed by atoms with van der Waals surface area (Å²) in [6.45, 7) is 1.94. The van der Waals surface area contributed by atoms with Crippen LogP contribution in [0.3, 0.4) is 0 Å².